The van der Waals surface area contributed by atoms with Gasteiger partial charge in [0.05, 0.1) is 5.60 Å². The van der Waals surface area contributed by atoms with Crippen LogP contribution >= 0.6 is 22.6 Å². The van der Waals surface area contributed by atoms with Crippen molar-refractivity contribution in [2.24, 2.45) is 0 Å². The minimum absolute atomic E-state index is 0.262. The van der Waals surface area contributed by atoms with E-state index in [-0.39, 0.29) is 11.6 Å². The number of aliphatic hydroxyl groups is 1. The Bertz CT molecular complexity index is 352. The van der Waals surface area contributed by atoms with Crippen LogP contribution in [0.1, 0.15) is 13.8 Å². The number of anilines is 1. The molecule has 1 aromatic rings. The Morgan fingerprint density at radius 2 is 2.20 bits per heavy atom. The summed E-state index contributed by atoms with van der Waals surface area (Å²) in [4.78, 5) is 5.60. The number of hydrogen-bond acceptors (Lipinski definition) is 3. The molecule has 0 radical (unpaired) electrons. The molecule has 0 unspecified atom stereocenters. The molecule has 0 atom stereocenters. The zero-order chi connectivity index (χ0) is 11.6. The number of rotatable bonds is 3. The summed E-state index contributed by atoms with van der Waals surface area (Å²) in [6.07, 6.45) is 1.60. The lowest BCUT2D eigenvalue weighted by atomic mass is 10.1. The van der Waals surface area contributed by atoms with E-state index in [1.165, 1.54) is 6.07 Å². The van der Waals surface area contributed by atoms with Gasteiger partial charge in [-0.2, -0.15) is 0 Å². The Labute approximate surface area is 102 Å². The maximum absolute atomic E-state index is 13.5. The van der Waals surface area contributed by atoms with Crippen LogP contribution in [0.5, 0.6) is 0 Å². The summed E-state index contributed by atoms with van der Waals surface area (Å²) in [5.74, 6) is -0.105. The van der Waals surface area contributed by atoms with Crippen molar-refractivity contribution >= 4 is 28.4 Å². The highest BCUT2D eigenvalue weighted by Gasteiger charge is 2.18. The van der Waals surface area contributed by atoms with E-state index < -0.39 is 5.60 Å². The molecule has 0 bridgehead atoms. The topological polar surface area (TPSA) is 36.4 Å². The lowest BCUT2D eigenvalue weighted by Crippen LogP contribution is -2.37. The quantitative estimate of drug-likeness (QED) is 0.865. The zero-order valence-electron chi connectivity index (χ0n) is 8.96. The number of pyridine rings is 1. The molecule has 0 saturated heterocycles. The molecule has 0 amide bonds. The van der Waals surface area contributed by atoms with Crippen molar-refractivity contribution in [2.75, 3.05) is 18.5 Å². The summed E-state index contributed by atoms with van der Waals surface area (Å²) >= 11 is 2.00. The molecule has 0 aromatic carbocycles. The lowest BCUT2D eigenvalue weighted by molar-refractivity contribution is 0.0883. The first-order chi connectivity index (χ1) is 6.79. The molecule has 0 aliphatic rings. The maximum Gasteiger partial charge on any atom is 0.166 e. The first-order valence-corrected chi connectivity index (χ1v) is 5.62. The summed E-state index contributed by atoms with van der Waals surface area (Å²) in [5.41, 5.74) is -0.869. The summed E-state index contributed by atoms with van der Waals surface area (Å²) in [6.45, 7) is 3.68. The lowest BCUT2D eigenvalue weighted by Gasteiger charge is -2.26. The molecule has 1 heterocycles. The molecule has 0 fully saturated rings. The fraction of sp³-hybridized carbons (Fsp3) is 0.500. The van der Waals surface area contributed by atoms with Crippen LogP contribution in [0.4, 0.5) is 10.2 Å². The van der Waals surface area contributed by atoms with Crippen LogP contribution in [0.3, 0.4) is 0 Å². The summed E-state index contributed by atoms with van der Waals surface area (Å²) < 4.78 is 14.2. The fourth-order valence-corrected chi connectivity index (χ4v) is 1.76. The maximum atomic E-state index is 13.5. The van der Waals surface area contributed by atoms with Gasteiger partial charge in [0.25, 0.3) is 0 Å². The highest BCUT2D eigenvalue weighted by Crippen LogP contribution is 2.18. The van der Waals surface area contributed by atoms with Gasteiger partial charge in [0.1, 0.15) is 0 Å². The minimum Gasteiger partial charge on any atom is -0.389 e. The van der Waals surface area contributed by atoms with Gasteiger partial charge in [0.15, 0.2) is 11.6 Å². The predicted octanol–water partition coefficient (Wildman–Crippen LogP) is 2.03. The van der Waals surface area contributed by atoms with Gasteiger partial charge in [-0.15, -0.1) is 0 Å². The van der Waals surface area contributed by atoms with Crippen molar-refractivity contribution in [3.63, 3.8) is 0 Å². The van der Waals surface area contributed by atoms with Crippen molar-refractivity contribution in [1.29, 1.82) is 0 Å². The van der Waals surface area contributed by atoms with E-state index in [1.54, 1.807) is 32.0 Å². The van der Waals surface area contributed by atoms with Gasteiger partial charge in [-0.25, -0.2) is 9.37 Å². The standard InChI is InChI=1S/C10H14FIN2O/c1-10(2,15)6-14(3)9-8(11)4-7(12)5-13-9/h4-5,15H,6H2,1-3H3. The third kappa shape index (κ3) is 3.90. The van der Waals surface area contributed by atoms with Gasteiger partial charge >= 0.3 is 0 Å². The molecule has 3 nitrogen and oxygen atoms in total. The number of likely N-dealkylation sites (N-methyl/N-ethyl adjacent to an activating group) is 1. The van der Waals surface area contributed by atoms with Gasteiger partial charge in [0, 0.05) is 23.4 Å². The second-order valence-electron chi connectivity index (χ2n) is 4.13. The Morgan fingerprint density at radius 3 is 2.67 bits per heavy atom. The predicted molar refractivity (Wildman–Crippen MR) is 66.5 cm³/mol. The van der Waals surface area contributed by atoms with Crippen molar-refractivity contribution in [3.05, 3.63) is 21.7 Å². The zero-order valence-corrected chi connectivity index (χ0v) is 11.1. The molecule has 1 rings (SSSR count). The Morgan fingerprint density at radius 1 is 1.60 bits per heavy atom. The third-order valence-electron chi connectivity index (χ3n) is 1.77. The van der Waals surface area contributed by atoms with Gasteiger partial charge in [0.2, 0.25) is 0 Å². The highest BCUT2D eigenvalue weighted by molar-refractivity contribution is 14.1. The Hall–Kier alpha value is -0.430. The van der Waals surface area contributed by atoms with E-state index in [9.17, 15) is 9.50 Å². The van der Waals surface area contributed by atoms with Crippen LogP contribution in [-0.4, -0.2) is 29.3 Å². The van der Waals surface area contributed by atoms with Crippen molar-refractivity contribution in [1.82, 2.24) is 4.98 Å². The normalized spacial score (nSPS) is 11.6. The van der Waals surface area contributed by atoms with E-state index in [0.29, 0.717) is 6.54 Å². The van der Waals surface area contributed by atoms with Crippen LogP contribution < -0.4 is 4.90 Å². The molecule has 1 aromatic heterocycles. The molecule has 1 N–H and O–H groups in total. The second kappa shape index (κ2) is 4.61. The van der Waals surface area contributed by atoms with E-state index in [4.69, 9.17) is 0 Å². The molecule has 0 aliphatic heterocycles. The monoisotopic (exact) mass is 324 g/mol. The van der Waals surface area contributed by atoms with E-state index in [1.807, 2.05) is 22.6 Å². The average molecular weight is 324 g/mol. The minimum atomic E-state index is -0.869. The SMILES string of the molecule is CN(CC(C)(C)O)c1ncc(I)cc1F. The highest BCUT2D eigenvalue weighted by atomic mass is 127. The molecule has 0 saturated carbocycles. The summed E-state index contributed by atoms with van der Waals surface area (Å²) in [5, 5.41) is 9.60. The second-order valence-corrected chi connectivity index (χ2v) is 5.37. The number of nitrogens with zero attached hydrogens (tertiary/aromatic N) is 2. The van der Waals surface area contributed by atoms with Crippen LogP contribution in [0.15, 0.2) is 12.3 Å². The molecule has 0 spiro atoms. The van der Waals surface area contributed by atoms with Gasteiger partial charge in [-0.3, -0.25) is 0 Å². The Kier molecular flexibility index (Phi) is 3.88. The number of aromatic nitrogens is 1. The fourth-order valence-electron chi connectivity index (χ4n) is 1.34. The molecule has 84 valence electrons. The van der Waals surface area contributed by atoms with E-state index in [0.717, 1.165) is 3.57 Å². The van der Waals surface area contributed by atoms with Crippen LogP contribution in [0.2, 0.25) is 0 Å². The smallest absolute Gasteiger partial charge is 0.166 e. The molecule has 15 heavy (non-hydrogen) atoms. The van der Waals surface area contributed by atoms with Crippen molar-refractivity contribution in [3.8, 4) is 0 Å². The van der Waals surface area contributed by atoms with E-state index in [2.05, 4.69) is 4.98 Å². The molecule has 0 aliphatic carbocycles. The number of halogens is 2. The molecule has 5 heteroatoms. The summed E-state index contributed by atoms with van der Waals surface area (Å²) in [7, 11) is 1.70. The molecular weight excluding hydrogens is 310 g/mol. The number of hydrogen-bond donors (Lipinski definition) is 1. The van der Waals surface area contributed by atoms with Crippen LogP contribution in [-0.2, 0) is 0 Å². The van der Waals surface area contributed by atoms with Crippen molar-refractivity contribution < 1.29 is 9.50 Å². The van der Waals surface area contributed by atoms with Crippen LogP contribution in [0.25, 0.3) is 0 Å². The largest absolute Gasteiger partial charge is 0.389 e. The van der Waals surface area contributed by atoms with Crippen LogP contribution in [0, 0.1) is 9.39 Å². The first kappa shape index (κ1) is 12.6. The Balaban J connectivity index is 2.87. The third-order valence-corrected chi connectivity index (χ3v) is 2.36. The van der Waals surface area contributed by atoms with E-state index >= 15 is 0 Å². The molecular formula is C10H14FIN2O. The van der Waals surface area contributed by atoms with Gasteiger partial charge in [-0.1, -0.05) is 0 Å². The average Bonchev–Trinajstić information content (AvgIpc) is 1.99. The first-order valence-electron chi connectivity index (χ1n) is 4.54. The summed E-state index contributed by atoms with van der Waals surface area (Å²) in [6, 6.07) is 1.42. The van der Waals surface area contributed by atoms with Gasteiger partial charge in [-0.05, 0) is 42.5 Å². The van der Waals surface area contributed by atoms with Gasteiger partial charge < -0.3 is 10.0 Å². The van der Waals surface area contributed by atoms with Crippen molar-refractivity contribution in [2.45, 2.75) is 19.4 Å².